The van der Waals surface area contributed by atoms with Crippen LogP contribution in [0.3, 0.4) is 0 Å². The highest BCUT2D eigenvalue weighted by molar-refractivity contribution is 7.90. The van der Waals surface area contributed by atoms with Gasteiger partial charge in [0.25, 0.3) is 0 Å². The van der Waals surface area contributed by atoms with E-state index in [2.05, 4.69) is 4.98 Å². The average molecular weight is 439 g/mol. The van der Waals surface area contributed by atoms with Gasteiger partial charge in [-0.25, -0.2) is 18.2 Å². The lowest BCUT2D eigenvalue weighted by molar-refractivity contribution is 0.0520. The van der Waals surface area contributed by atoms with E-state index < -0.39 is 15.8 Å². The summed E-state index contributed by atoms with van der Waals surface area (Å²) >= 11 is 12.4. The fourth-order valence-corrected chi connectivity index (χ4v) is 3.65. The summed E-state index contributed by atoms with van der Waals surface area (Å²) < 4.78 is 30.0. The molecule has 0 aliphatic heterocycles. The van der Waals surface area contributed by atoms with Crippen LogP contribution in [0.15, 0.2) is 53.4 Å². The number of carbonyl (C=O) groups excluding carboxylic acids is 1. The minimum atomic E-state index is -3.34. The van der Waals surface area contributed by atoms with E-state index in [0.29, 0.717) is 22.1 Å². The lowest BCUT2D eigenvalue weighted by atomic mass is 10.2. The lowest BCUT2D eigenvalue weighted by Crippen LogP contribution is -2.06. The Morgan fingerprint density at radius 2 is 1.68 bits per heavy atom. The van der Waals surface area contributed by atoms with Crippen molar-refractivity contribution < 1.29 is 17.9 Å². The van der Waals surface area contributed by atoms with Gasteiger partial charge in [-0.2, -0.15) is 0 Å². The standard InChI is InChI=1S/C19H16Cl2N2O4S/c1-3-27-19(24)16-17(21)23(14-8-10-15(11-9-14)28(2,25)26)18(22-16)12-4-6-13(20)7-5-12/h4-11H,3H2,1-2H3. The van der Waals surface area contributed by atoms with E-state index in [1.165, 1.54) is 12.1 Å². The van der Waals surface area contributed by atoms with E-state index in [-0.39, 0.29) is 22.3 Å². The number of esters is 1. The number of ether oxygens (including phenoxy) is 1. The molecule has 0 saturated carbocycles. The van der Waals surface area contributed by atoms with Crippen molar-refractivity contribution in [1.29, 1.82) is 0 Å². The number of hydrogen-bond donors (Lipinski definition) is 0. The maximum Gasteiger partial charge on any atom is 0.360 e. The van der Waals surface area contributed by atoms with Gasteiger partial charge in [0.1, 0.15) is 11.0 Å². The fraction of sp³-hybridized carbons (Fsp3) is 0.158. The van der Waals surface area contributed by atoms with Crippen molar-refractivity contribution in [3.05, 3.63) is 64.4 Å². The third kappa shape index (κ3) is 4.06. The van der Waals surface area contributed by atoms with Crippen molar-refractivity contribution in [3.8, 4) is 17.1 Å². The van der Waals surface area contributed by atoms with Gasteiger partial charge in [0.2, 0.25) is 0 Å². The van der Waals surface area contributed by atoms with Crippen LogP contribution in [-0.4, -0.2) is 36.8 Å². The predicted octanol–water partition coefficient (Wildman–Crippen LogP) is 4.43. The number of hydrogen-bond acceptors (Lipinski definition) is 5. The Labute approximate surface area is 172 Å². The van der Waals surface area contributed by atoms with E-state index in [0.717, 1.165) is 6.26 Å². The van der Waals surface area contributed by atoms with Crippen LogP contribution in [0, 0.1) is 0 Å². The average Bonchev–Trinajstić information content (AvgIpc) is 2.99. The van der Waals surface area contributed by atoms with Gasteiger partial charge < -0.3 is 4.74 Å². The number of benzene rings is 2. The number of rotatable bonds is 5. The maximum absolute atomic E-state index is 12.3. The van der Waals surface area contributed by atoms with Gasteiger partial charge in [0.15, 0.2) is 15.5 Å². The number of sulfone groups is 1. The summed E-state index contributed by atoms with van der Waals surface area (Å²) in [5.41, 5.74) is 1.19. The molecule has 0 saturated heterocycles. The first-order valence-electron chi connectivity index (χ1n) is 8.24. The molecule has 3 rings (SSSR count). The van der Waals surface area contributed by atoms with E-state index >= 15 is 0 Å². The van der Waals surface area contributed by atoms with E-state index in [1.807, 2.05) is 0 Å². The van der Waals surface area contributed by atoms with Crippen molar-refractivity contribution >= 4 is 39.0 Å². The Morgan fingerprint density at radius 1 is 1.07 bits per heavy atom. The second-order valence-corrected chi connectivity index (χ2v) is 8.71. The Hall–Kier alpha value is -2.35. The van der Waals surface area contributed by atoms with Crippen LogP contribution < -0.4 is 0 Å². The van der Waals surface area contributed by atoms with Crippen LogP contribution in [-0.2, 0) is 14.6 Å². The number of imidazole rings is 1. The van der Waals surface area contributed by atoms with Gasteiger partial charge in [0.05, 0.1) is 11.5 Å². The predicted molar refractivity (Wildman–Crippen MR) is 108 cm³/mol. The van der Waals surface area contributed by atoms with Crippen molar-refractivity contribution in [2.24, 2.45) is 0 Å². The second-order valence-electron chi connectivity index (χ2n) is 5.90. The highest BCUT2D eigenvalue weighted by Crippen LogP contribution is 2.31. The topological polar surface area (TPSA) is 78.3 Å². The van der Waals surface area contributed by atoms with Crippen molar-refractivity contribution in [3.63, 3.8) is 0 Å². The van der Waals surface area contributed by atoms with Crippen molar-refractivity contribution in [2.45, 2.75) is 11.8 Å². The quantitative estimate of drug-likeness (QED) is 0.550. The zero-order valence-corrected chi connectivity index (χ0v) is 17.3. The molecule has 1 aromatic heterocycles. The van der Waals surface area contributed by atoms with E-state index in [1.54, 1.807) is 47.9 Å². The molecule has 0 atom stereocenters. The van der Waals surface area contributed by atoms with Crippen LogP contribution >= 0.6 is 23.2 Å². The van der Waals surface area contributed by atoms with Crippen molar-refractivity contribution in [1.82, 2.24) is 9.55 Å². The summed E-state index contributed by atoms with van der Waals surface area (Å²) in [6.45, 7) is 1.87. The Balaban J connectivity index is 2.20. The van der Waals surface area contributed by atoms with Gasteiger partial charge >= 0.3 is 5.97 Å². The summed E-state index contributed by atoms with van der Waals surface area (Å²) in [5.74, 6) is -0.244. The molecule has 146 valence electrons. The van der Waals surface area contributed by atoms with Crippen LogP contribution in [0.2, 0.25) is 10.2 Å². The zero-order chi connectivity index (χ0) is 20.5. The van der Waals surface area contributed by atoms with Crippen LogP contribution in [0.25, 0.3) is 17.1 Å². The molecule has 1 heterocycles. The first kappa shape index (κ1) is 20.4. The molecular formula is C19H16Cl2N2O4S. The molecule has 0 spiro atoms. The molecule has 0 radical (unpaired) electrons. The van der Waals surface area contributed by atoms with E-state index in [9.17, 15) is 13.2 Å². The summed E-state index contributed by atoms with van der Waals surface area (Å²) in [6.07, 6.45) is 1.13. The number of carbonyl (C=O) groups is 1. The minimum Gasteiger partial charge on any atom is -0.461 e. The minimum absolute atomic E-state index is 0.0272. The second kappa shape index (κ2) is 7.95. The van der Waals surface area contributed by atoms with Crippen LogP contribution in [0.4, 0.5) is 0 Å². The molecule has 3 aromatic rings. The largest absolute Gasteiger partial charge is 0.461 e. The summed E-state index contributed by atoms with van der Waals surface area (Å²) in [4.78, 5) is 16.8. The monoisotopic (exact) mass is 438 g/mol. The first-order chi connectivity index (χ1) is 13.2. The molecule has 0 unspecified atom stereocenters. The molecule has 0 N–H and O–H groups in total. The zero-order valence-electron chi connectivity index (χ0n) is 15.0. The maximum atomic E-state index is 12.3. The first-order valence-corrected chi connectivity index (χ1v) is 10.9. The highest BCUT2D eigenvalue weighted by atomic mass is 35.5. The van der Waals surface area contributed by atoms with Gasteiger partial charge in [0, 0.05) is 22.5 Å². The van der Waals surface area contributed by atoms with Crippen molar-refractivity contribution in [2.75, 3.05) is 12.9 Å². The Bertz CT molecular complexity index is 1120. The number of nitrogens with zero attached hydrogens (tertiary/aromatic N) is 2. The molecular weight excluding hydrogens is 423 g/mol. The third-order valence-corrected chi connectivity index (χ3v) is 5.64. The summed E-state index contributed by atoms with van der Waals surface area (Å²) in [6, 6.07) is 13.0. The molecule has 9 heteroatoms. The normalized spacial score (nSPS) is 11.4. The van der Waals surface area contributed by atoms with Crippen LogP contribution in [0.5, 0.6) is 0 Å². The third-order valence-electron chi connectivity index (χ3n) is 3.92. The molecule has 0 aliphatic rings. The number of aromatic nitrogens is 2. The van der Waals surface area contributed by atoms with Gasteiger partial charge in [-0.15, -0.1) is 0 Å². The molecule has 0 fully saturated rings. The van der Waals surface area contributed by atoms with Gasteiger partial charge in [-0.05, 0) is 55.5 Å². The summed E-state index contributed by atoms with van der Waals surface area (Å²) in [5, 5.41) is 0.617. The van der Waals surface area contributed by atoms with Crippen LogP contribution in [0.1, 0.15) is 17.4 Å². The molecule has 0 bridgehead atoms. The highest BCUT2D eigenvalue weighted by Gasteiger charge is 2.24. The Morgan fingerprint density at radius 3 is 2.21 bits per heavy atom. The molecule has 6 nitrogen and oxygen atoms in total. The molecule has 28 heavy (non-hydrogen) atoms. The Kier molecular flexibility index (Phi) is 5.79. The smallest absolute Gasteiger partial charge is 0.360 e. The summed E-state index contributed by atoms with van der Waals surface area (Å²) in [7, 11) is -3.34. The van der Waals surface area contributed by atoms with Gasteiger partial charge in [-0.3, -0.25) is 4.57 Å². The molecule has 0 aliphatic carbocycles. The van der Waals surface area contributed by atoms with E-state index in [4.69, 9.17) is 27.9 Å². The lowest BCUT2D eigenvalue weighted by Gasteiger charge is -2.10. The fourth-order valence-electron chi connectivity index (χ4n) is 2.60. The van der Waals surface area contributed by atoms with Gasteiger partial charge in [-0.1, -0.05) is 23.2 Å². The molecule has 2 aromatic carbocycles. The SMILES string of the molecule is CCOC(=O)c1nc(-c2ccc(Cl)cc2)n(-c2ccc(S(C)(=O)=O)cc2)c1Cl. The number of halogens is 2. The molecule has 0 amide bonds.